The summed E-state index contributed by atoms with van der Waals surface area (Å²) < 4.78 is 0. The second-order valence-corrected chi connectivity index (χ2v) is 3.76. The van der Waals surface area contributed by atoms with Gasteiger partial charge < -0.3 is 20.4 Å². The van der Waals surface area contributed by atoms with Gasteiger partial charge in [-0.05, 0) is 26.0 Å². The largest absolute Gasteiger partial charge is 0.479 e. The van der Waals surface area contributed by atoms with Gasteiger partial charge >= 0.3 is 11.9 Å². The Labute approximate surface area is 113 Å². The highest BCUT2D eigenvalue weighted by molar-refractivity contribution is 6.25. The van der Waals surface area contributed by atoms with E-state index >= 15 is 0 Å². The Morgan fingerprint density at radius 1 is 0.750 bits per heavy atom. The second kappa shape index (κ2) is 6.22. The average Bonchev–Trinajstić information content (AvgIpc) is 2.36. The first-order valence-electron chi connectivity index (χ1n) is 5.36. The quantitative estimate of drug-likeness (QED) is 0.340. The van der Waals surface area contributed by atoms with E-state index < -0.39 is 34.7 Å². The van der Waals surface area contributed by atoms with Gasteiger partial charge in [-0.3, -0.25) is 9.59 Å². The van der Waals surface area contributed by atoms with E-state index in [9.17, 15) is 29.4 Å². The molecule has 8 heteroatoms. The zero-order valence-electron chi connectivity index (χ0n) is 10.7. The van der Waals surface area contributed by atoms with Gasteiger partial charge in [0.15, 0.2) is 0 Å². The standard InChI is InChI=1S/C12H14O8/c1-3-5-7(13)11(19,9(15)16)12(20,10(17)18)8(14)6-4-2/h3-6,19-20H,1-2H3,(H,15,16)(H,17,18)/t11-,12-/m1/s1. The minimum atomic E-state index is -3.85. The molecule has 0 aliphatic heterocycles. The average molecular weight is 286 g/mol. The molecule has 0 heterocycles. The Kier molecular flexibility index (Phi) is 5.50. The van der Waals surface area contributed by atoms with Crippen LogP contribution in [0.1, 0.15) is 13.8 Å². The number of aliphatic hydroxyl groups is 2. The van der Waals surface area contributed by atoms with E-state index in [-0.39, 0.29) is 0 Å². The normalized spacial score (nSPS) is 17.6. The second-order valence-electron chi connectivity index (χ2n) is 3.76. The van der Waals surface area contributed by atoms with Crippen LogP contribution < -0.4 is 0 Å². The van der Waals surface area contributed by atoms with Crippen molar-refractivity contribution in [1.29, 1.82) is 0 Å². The number of allylic oxidation sites excluding steroid dienone is 2. The molecule has 0 aromatic heterocycles. The maximum absolute atomic E-state index is 11.6. The molecule has 0 unspecified atom stereocenters. The molecule has 20 heavy (non-hydrogen) atoms. The highest BCUT2D eigenvalue weighted by Gasteiger charge is 2.68. The molecule has 0 spiro atoms. The summed E-state index contributed by atoms with van der Waals surface area (Å²) in [5.41, 5.74) is -7.69. The molecular weight excluding hydrogens is 272 g/mol. The highest BCUT2D eigenvalue weighted by Crippen LogP contribution is 2.27. The van der Waals surface area contributed by atoms with Gasteiger partial charge in [0.05, 0.1) is 0 Å². The Balaban J connectivity index is 6.35. The molecule has 0 aliphatic rings. The Morgan fingerprint density at radius 2 is 1.00 bits per heavy atom. The Morgan fingerprint density at radius 3 is 1.15 bits per heavy atom. The summed E-state index contributed by atoms with van der Waals surface area (Å²) in [6, 6.07) is 0. The van der Waals surface area contributed by atoms with Crippen molar-refractivity contribution in [3.63, 3.8) is 0 Å². The summed E-state index contributed by atoms with van der Waals surface area (Å²) in [6.45, 7) is 2.60. The maximum Gasteiger partial charge on any atom is 0.348 e. The summed E-state index contributed by atoms with van der Waals surface area (Å²) in [5, 5.41) is 37.6. The van der Waals surface area contributed by atoms with Crippen molar-refractivity contribution in [2.24, 2.45) is 0 Å². The predicted octanol–water partition coefficient (Wildman–Crippen LogP) is -1.09. The zero-order valence-corrected chi connectivity index (χ0v) is 10.7. The van der Waals surface area contributed by atoms with Crippen LogP contribution in [-0.2, 0) is 19.2 Å². The van der Waals surface area contributed by atoms with Crippen LogP contribution in [0.5, 0.6) is 0 Å². The minimum Gasteiger partial charge on any atom is -0.479 e. The molecule has 0 amide bonds. The molecule has 0 radical (unpaired) electrons. The summed E-state index contributed by atoms with van der Waals surface area (Å²) in [6.07, 6.45) is 3.15. The lowest BCUT2D eigenvalue weighted by Crippen LogP contribution is -2.71. The fourth-order valence-corrected chi connectivity index (χ4v) is 1.42. The predicted molar refractivity (Wildman–Crippen MR) is 64.8 cm³/mol. The first-order chi connectivity index (χ1) is 9.10. The van der Waals surface area contributed by atoms with E-state index in [1.807, 2.05) is 0 Å². The Bertz CT molecular complexity index is 458. The number of rotatable bonds is 7. The molecule has 0 saturated carbocycles. The molecule has 0 aromatic carbocycles. The SMILES string of the molecule is CC=CC(=O)[C@@](O)(C(=O)O)[C@](O)(C(=O)O)C(=O)C=CC. The number of hydrogen-bond acceptors (Lipinski definition) is 6. The Hall–Kier alpha value is -2.32. The molecule has 110 valence electrons. The first-order valence-corrected chi connectivity index (χ1v) is 5.36. The summed E-state index contributed by atoms with van der Waals surface area (Å²) in [4.78, 5) is 45.5. The number of carbonyl (C=O) groups excluding carboxylic acids is 2. The van der Waals surface area contributed by atoms with Crippen molar-refractivity contribution >= 4 is 23.5 Å². The lowest BCUT2D eigenvalue weighted by atomic mass is 9.76. The third-order valence-corrected chi connectivity index (χ3v) is 2.49. The van der Waals surface area contributed by atoms with Crippen molar-refractivity contribution in [2.45, 2.75) is 25.0 Å². The minimum absolute atomic E-state index is 0.547. The van der Waals surface area contributed by atoms with Crippen LogP contribution in [0, 0.1) is 0 Å². The molecule has 0 rings (SSSR count). The van der Waals surface area contributed by atoms with Gasteiger partial charge in [-0.1, -0.05) is 12.2 Å². The molecule has 0 fully saturated rings. The van der Waals surface area contributed by atoms with Crippen molar-refractivity contribution in [1.82, 2.24) is 0 Å². The van der Waals surface area contributed by atoms with Gasteiger partial charge in [0.2, 0.25) is 11.6 Å². The lowest BCUT2D eigenvalue weighted by Gasteiger charge is -2.32. The third kappa shape index (κ3) is 2.51. The number of hydrogen-bond donors (Lipinski definition) is 4. The molecule has 0 aromatic rings. The van der Waals surface area contributed by atoms with Crippen LogP contribution in [0.25, 0.3) is 0 Å². The van der Waals surface area contributed by atoms with Gasteiger partial charge in [-0.15, -0.1) is 0 Å². The smallest absolute Gasteiger partial charge is 0.348 e. The monoisotopic (exact) mass is 286 g/mol. The van der Waals surface area contributed by atoms with Crippen LogP contribution in [0.2, 0.25) is 0 Å². The summed E-state index contributed by atoms with van der Waals surface area (Å²) >= 11 is 0. The molecule has 8 nitrogen and oxygen atoms in total. The van der Waals surface area contributed by atoms with Crippen LogP contribution >= 0.6 is 0 Å². The number of carboxylic acid groups (broad SMARTS) is 2. The number of aliphatic carboxylic acids is 2. The van der Waals surface area contributed by atoms with Crippen LogP contribution in [0.4, 0.5) is 0 Å². The van der Waals surface area contributed by atoms with Crippen molar-refractivity contribution in [2.75, 3.05) is 0 Å². The van der Waals surface area contributed by atoms with E-state index in [0.29, 0.717) is 12.2 Å². The van der Waals surface area contributed by atoms with Crippen molar-refractivity contribution < 1.29 is 39.6 Å². The lowest BCUT2D eigenvalue weighted by molar-refractivity contribution is -0.204. The van der Waals surface area contributed by atoms with Crippen molar-refractivity contribution in [3.05, 3.63) is 24.3 Å². The first kappa shape index (κ1) is 17.7. The number of carboxylic acids is 2. The highest BCUT2D eigenvalue weighted by atomic mass is 16.5. The molecule has 2 atom stereocenters. The van der Waals surface area contributed by atoms with Gasteiger partial charge in [0.25, 0.3) is 11.2 Å². The fraction of sp³-hybridized carbons (Fsp3) is 0.333. The zero-order chi connectivity index (χ0) is 16.1. The topological polar surface area (TPSA) is 149 Å². The molecule has 0 bridgehead atoms. The van der Waals surface area contributed by atoms with E-state index in [2.05, 4.69) is 0 Å². The van der Waals surface area contributed by atoms with Gasteiger partial charge in [0, 0.05) is 0 Å². The van der Waals surface area contributed by atoms with Crippen LogP contribution in [0.3, 0.4) is 0 Å². The van der Waals surface area contributed by atoms with E-state index in [1.165, 1.54) is 13.8 Å². The maximum atomic E-state index is 11.6. The summed E-state index contributed by atoms with van der Waals surface area (Å²) in [5.74, 6) is -8.00. The molecule has 0 saturated heterocycles. The van der Waals surface area contributed by atoms with E-state index in [4.69, 9.17) is 10.2 Å². The van der Waals surface area contributed by atoms with Gasteiger partial charge in [-0.25, -0.2) is 9.59 Å². The molecular formula is C12H14O8. The van der Waals surface area contributed by atoms with E-state index in [1.54, 1.807) is 0 Å². The fourth-order valence-electron chi connectivity index (χ4n) is 1.42. The molecule has 4 N–H and O–H groups in total. The van der Waals surface area contributed by atoms with Crippen molar-refractivity contribution in [3.8, 4) is 0 Å². The van der Waals surface area contributed by atoms with Gasteiger partial charge in [-0.2, -0.15) is 0 Å². The number of ketones is 2. The van der Waals surface area contributed by atoms with Crippen LogP contribution in [-0.4, -0.2) is 55.1 Å². The van der Waals surface area contributed by atoms with Gasteiger partial charge in [0.1, 0.15) is 0 Å². The summed E-state index contributed by atoms with van der Waals surface area (Å²) in [7, 11) is 0. The molecule has 0 aliphatic carbocycles. The third-order valence-electron chi connectivity index (χ3n) is 2.49. The van der Waals surface area contributed by atoms with E-state index in [0.717, 1.165) is 12.2 Å². The number of carbonyl (C=O) groups is 4. The van der Waals surface area contributed by atoms with Crippen LogP contribution in [0.15, 0.2) is 24.3 Å².